The lowest BCUT2D eigenvalue weighted by molar-refractivity contribution is 0.238. The van der Waals surface area contributed by atoms with Crippen molar-refractivity contribution < 1.29 is 8.42 Å². The standard InChI is InChI=1S/C22H25N3O2S/c1-16-15-23-13-11-22(16,2)18-8-4-9-19(14-18)25-28(26,27)20-10-3-6-17-7-5-12-24-21(17)20/h3-10,12,14,16,23,25H,11,13,15H2,1-2H3. The van der Waals surface area contributed by atoms with Crippen molar-refractivity contribution in [2.75, 3.05) is 17.8 Å². The highest BCUT2D eigenvalue weighted by molar-refractivity contribution is 7.93. The van der Waals surface area contributed by atoms with Crippen molar-refractivity contribution in [1.82, 2.24) is 10.3 Å². The Labute approximate surface area is 166 Å². The lowest BCUT2D eigenvalue weighted by Gasteiger charge is -2.40. The maximum atomic E-state index is 13.1. The normalized spacial score (nSPS) is 22.9. The largest absolute Gasteiger partial charge is 0.316 e. The first-order valence-corrected chi connectivity index (χ1v) is 11.1. The molecule has 2 unspecified atom stereocenters. The average Bonchev–Trinajstić information content (AvgIpc) is 2.70. The van der Waals surface area contributed by atoms with Crippen molar-refractivity contribution in [2.45, 2.75) is 30.6 Å². The molecule has 1 fully saturated rings. The highest BCUT2D eigenvalue weighted by Gasteiger charge is 2.35. The maximum Gasteiger partial charge on any atom is 0.264 e. The van der Waals surface area contributed by atoms with Crippen molar-refractivity contribution in [2.24, 2.45) is 5.92 Å². The zero-order valence-corrected chi connectivity index (χ0v) is 17.0. The van der Waals surface area contributed by atoms with E-state index in [0.29, 0.717) is 17.1 Å². The molecular weight excluding hydrogens is 370 g/mol. The van der Waals surface area contributed by atoms with E-state index in [1.807, 2.05) is 24.3 Å². The van der Waals surface area contributed by atoms with Gasteiger partial charge in [-0.1, -0.05) is 44.2 Å². The Kier molecular flexibility index (Phi) is 4.85. The van der Waals surface area contributed by atoms with Gasteiger partial charge in [0.2, 0.25) is 0 Å². The van der Waals surface area contributed by atoms with E-state index >= 15 is 0 Å². The van der Waals surface area contributed by atoms with Crippen LogP contribution in [0.1, 0.15) is 25.8 Å². The highest BCUT2D eigenvalue weighted by Crippen LogP contribution is 2.38. The molecule has 2 N–H and O–H groups in total. The van der Waals surface area contributed by atoms with Crippen LogP contribution < -0.4 is 10.0 Å². The molecule has 1 aliphatic rings. The van der Waals surface area contributed by atoms with Crippen LogP contribution in [0, 0.1) is 5.92 Å². The number of para-hydroxylation sites is 1. The van der Waals surface area contributed by atoms with E-state index in [9.17, 15) is 8.42 Å². The summed E-state index contributed by atoms with van der Waals surface area (Å²) in [5, 5.41) is 4.23. The molecule has 28 heavy (non-hydrogen) atoms. The summed E-state index contributed by atoms with van der Waals surface area (Å²) in [5.74, 6) is 0.468. The minimum absolute atomic E-state index is 0.0215. The second kappa shape index (κ2) is 7.18. The number of rotatable bonds is 4. The number of nitrogens with zero attached hydrogens (tertiary/aromatic N) is 1. The number of aromatic nitrogens is 1. The van der Waals surface area contributed by atoms with Gasteiger partial charge < -0.3 is 5.32 Å². The van der Waals surface area contributed by atoms with Gasteiger partial charge in [-0.2, -0.15) is 0 Å². The summed E-state index contributed by atoms with van der Waals surface area (Å²) in [5.41, 5.74) is 2.25. The molecule has 146 valence electrons. The molecule has 5 nitrogen and oxygen atoms in total. The second-order valence-corrected chi connectivity index (χ2v) is 9.44. The molecule has 0 aliphatic carbocycles. The predicted molar refractivity (Wildman–Crippen MR) is 113 cm³/mol. The molecule has 4 rings (SSSR count). The van der Waals surface area contributed by atoms with E-state index in [0.717, 1.165) is 30.5 Å². The number of piperidine rings is 1. The number of fused-ring (bicyclic) bond motifs is 1. The number of hydrogen-bond donors (Lipinski definition) is 2. The number of anilines is 1. The van der Waals surface area contributed by atoms with Crippen molar-refractivity contribution in [1.29, 1.82) is 0 Å². The van der Waals surface area contributed by atoms with Gasteiger partial charge in [-0.05, 0) is 60.7 Å². The predicted octanol–water partition coefficient (Wildman–Crippen LogP) is 3.92. The Morgan fingerprint density at radius 1 is 1.14 bits per heavy atom. The maximum absolute atomic E-state index is 13.1. The van der Waals surface area contributed by atoms with Gasteiger partial charge in [0.1, 0.15) is 4.90 Å². The summed E-state index contributed by atoms with van der Waals surface area (Å²) in [6.07, 6.45) is 2.64. The van der Waals surface area contributed by atoms with Crippen LogP contribution in [0.5, 0.6) is 0 Å². The molecule has 0 bridgehead atoms. The van der Waals surface area contributed by atoms with Crippen molar-refractivity contribution in [3.05, 3.63) is 66.4 Å². The number of pyridine rings is 1. The smallest absolute Gasteiger partial charge is 0.264 e. The van der Waals surface area contributed by atoms with E-state index < -0.39 is 10.0 Å². The third-order valence-electron chi connectivity index (χ3n) is 6.02. The van der Waals surface area contributed by atoms with Crippen LogP contribution in [0.2, 0.25) is 0 Å². The third kappa shape index (κ3) is 3.38. The fourth-order valence-corrected chi connectivity index (χ4v) is 5.24. The monoisotopic (exact) mass is 395 g/mol. The molecule has 2 aromatic carbocycles. The van der Waals surface area contributed by atoms with Crippen LogP contribution in [-0.2, 0) is 15.4 Å². The second-order valence-electron chi connectivity index (χ2n) is 7.79. The first-order chi connectivity index (χ1) is 13.4. The first-order valence-electron chi connectivity index (χ1n) is 9.58. The van der Waals surface area contributed by atoms with Gasteiger partial charge in [-0.15, -0.1) is 0 Å². The van der Waals surface area contributed by atoms with Gasteiger partial charge in [-0.3, -0.25) is 9.71 Å². The summed E-state index contributed by atoms with van der Waals surface area (Å²) in [6.45, 7) is 6.44. The molecule has 1 aromatic heterocycles. The zero-order chi connectivity index (χ0) is 19.8. The van der Waals surface area contributed by atoms with Crippen LogP contribution in [0.4, 0.5) is 5.69 Å². The molecule has 0 radical (unpaired) electrons. The molecule has 1 aliphatic heterocycles. The number of nitrogens with one attached hydrogen (secondary N) is 2. The molecule has 3 aromatic rings. The minimum Gasteiger partial charge on any atom is -0.316 e. The molecule has 2 atom stereocenters. The van der Waals surface area contributed by atoms with Crippen LogP contribution >= 0.6 is 0 Å². The Morgan fingerprint density at radius 2 is 1.93 bits per heavy atom. The molecule has 0 spiro atoms. The summed E-state index contributed by atoms with van der Waals surface area (Å²) < 4.78 is 28.9. The third-order valence-corrected chi connectivity index (χ3v) is 7.43. The Hall–Kier alpha value is -2.44. The topological polar surface area (TPSA) is 71.1 Å². The number of benzene rings is 2. The minimum atomic E-state index is -3.75. The Bertz CT molecular complexity index is 1110. The van der Waals surface area contributed by atoms with E-state index in [4.69, 9.17) is 0 Å². The van der Waals surface area contributed by atoms with Crippen LogP contribution in [0.25, 0.3) is 10.9 Å². The Morgan fingerprint density at radius 3 is 2.75 bits per heavy atom. The number of sulfonamides is 1. The Balaban J connectivity index is 1.69. The van der Waals surface area contributed by atoms with E-state index in [2.05, 4.69) is 34.9 Å². The van der Waals surface area contributed by atoms with Crippen LogP contribution in [0.3, 0.4) is 0 Å². The zero-order valence-electron chi connectivity index (χ0n) is 16.1. The molecular formula is C22H25N3O2S. The number of hydrogen-bond acceptors (Lipinski definition) is 4. The van der Waals surface area contributed by atoms with Gasteiger partial charge in [0.15, 0.2) is 0 Å². The summed E-state index contributed by atoms with van der Waals surface area (Å²) >= 11 is 0. The lowest BCUT2D eigenvalue weighted by Crippen LogP contribution is -2.44. The first kappa shape index (κ1) is 18.9. The fraction of sp³-hybridized carbons (Fsp3) is 0.318. The van der Waals surface area contributed by atoms with Gasteiger partial charge >= 0.3 is 0 Å². The highest BCUT2D eigenvalue weighted by atomic mass is 32.2. The fourth-order valence-electron chi connectivity index (χ4n) is 4.01. The van der Waals surface area contributed by atoms with Crippen LogP contribution in [-0.4, -0.2) is 26.5 Å². The summed E-state index contributed by atoms with van der Waals surface area (Å²) in [7, 11) is -3.75. The summed E-state index contributed by atoms with van der Waals surface area (Å²) in [6, 6.07) is 16.7. The molecule has 1 saturated heterocycles. The van der Waals surface area contributed by atoms with Gasteiger partial charge in [0.25, 0.3) is 10.0 Å². The molecule has 6 heteroatoms. The molecule has 0 saturated carbocycles. The lowest BCUT2D eigenvalue weighted by atomic mass is 9.68. The van der Waals surface area contributed by atoms with E-state index in [-0.39, 0.29) is 10.3 Å². The average molecular weight is 396 g/mol. The van der Waals surface area contributed by atoms with Crippen molar-refractivity contribution >= 4 is 26.6 Å². The van der Waals surface area contributed by atoms with Crippen molar-refractivity contribution in [3.8, 4) is 0 Å². The SMILES string of the molecule is CC1CNCCC1(C)c1cccc(NS(=O)(=O)c2cccc3cccnc23)c1. The van der Waals surface area contributed by atoms with E-state index in [1.54, 1.807) is 30.5 Å². The molecule has 2 heterocycles. The summed E-state index contributed by atoms with van der Waals surface area (Å²) in [4.78, 5) is 4.47. The quantitative estimate of drug-likeness (QED) is 0.702. The van der Waals surface area contributed by atoms with E-state index in [1.165, 1.54) is 0 Å². The van der Waals surface area contributed by atoms with Crippen molar-refractivity contribution in [3.63, 3.8) is 0 Å². The van der Waals surface area contributed by atoms with Gasteiger partial charge in [0.05, 0.1) is 5.52 Å². The van der Waals surface area contributed by atoms with Gasteiger partial charge in [0, 0.05) is 17.3 Å². The molecule has 0 amide bonds. The van der Waals surface area contributed by atoms with Gasteiger partial charge in [-0.25, -0.2) is 8.42 Å². The van der Waals surface area contributed by atoms with Crippen LogP contribution in [0.15, 0.2) is 65.7 Å².